The van der Waals surface area contributed by atoms with E-state index in [1.165, 1.54) is 14.2 Å². The summed E-state index contributed by atoms with van der Waals surface area (Å²) in [5.74, 6) is 0.797. The first-order valence-electron chi connectivity index (χ1n) is 20.2. The number of amides is 4. The van der Waals surface area contributed by atoms with Crippen molar-refractivity contribution in [2.45, 2.75) is 83.8 Å². The molecular weight excluding hydrogens is 788 g/mol. The van der Waals surface area contributed by atoms with Gasteiger partial charge in [-0.15, -0.1) is 0 Å². The molecule has 14 nitrogen and oxygen atoms in total. The van der Waals surface area contributed by atoms with Gasteiger partial charge in [0.2, 0.25) is 11.8 Å². The molecule has 312 valence electrons. The summed E-state index contributed by atoms with van der Waals surface area (Å²) in [6.45, 7) is 12.7. The van der Waals surface area contributed by atoms with Gasteiger partial charge in [-0.3, -0.25) is 9.59 Å². The fourth-order valence-electron chi connectivity index (χ4n) is 8.51. The average Bonchev–Trinajstić information content (AvgIpc) is 4.02. The number of hydrogen-bond acceptors (Lipinski definition) is 8. The maximum Gasteiger partial charge on any atom is 0.407 e. The number of halogens is 1. The first-order valence-corrected chi connectivity index (χ1v) is 24.0. The van der Waals surface area contributed by atoms with Crippen molar-refractivity contribution in [2.24, 2.45) is 11.8 Å². The molecule has 4 amide bonds. The van der Waals surface area contributed by atoms with Gasteiger partial charge in [0.25, 0.3) is 0 Å². The third-order valence-corrected chi connectivity index (χ3v) is 14.6. The molecule has 0 radical (unpaired) electrons. The van der Waals surface area contributed by atoms with E-state index in [1.54, 1.807) is 4.90 Å². The van der Waals surface area contributed by atoms with Crippen LogP contribution in [0.1, 0.15) is 64.3 Å². The zero-order valence-electron chi connectivity index (χ0n) is 34.8. The number of carbonyl (C=O) groups excluding carboxylic acids is 4. The third kappa shape index (κ3) is 8.40. The number of carbonyl (C=O) groups is 4. The number of ether oxygens (including phenoxy) is 2. The number of fused-ring (bicyclic) bond motifs is 3. The minimum atomic E-state index is -1.78. The van der Waals surface area contributed by atoms with Crippen molar-refractivity contribution in [2.75, 3.05) is 26.9 Å². The Labute approximate surface area is 349 Å². The lowest BCUT2D eigenvalue weighted by atomic mass is 9.99. The maximum atomic E-state index is 14.0. The number of imidazole rings is 2. The van der Waals surface area contributed by atoms with Crippen LogP contribution in [0.5, 0.6) is 0 Å². The zero-order valence-corrected chi connectivity index (χ0v) is 36.6. The number of H-pyrrole nitrogens is 2. The Morgan fingerprint density at radius 1 is 0.780 bits per heavy atom. The number of hydrogen-bond donors (Lipinski definition) is 4. The van der Waals surface area contributed by atoms with Gasteiger partial charge in [-0.1, -0.05) is 94.9 Å². The smallest absolute Gasteiger partial charge is 0.407 e. The molecule has 2 aromatic heterocycles. The van der Waals surface area contributed by atoms with Crippen LogP contribution in [0.2, 0.25) is 24.3 Å². The van der Waals surface area contributed by atoms with E-state index in [1.807, 2.05) is 62.9 Å². The van der Waals surface area contributed by atoms with Gasteiger partial charge < -0.3 is 39.9 Å². The molecule has 4 atom stereocenters. The predicted octanol–water partition coefficient (Wildman–Crippen LogP) is 7.98. The average molecular weight is 841 g/mol. The molecule has 4 N–H and O–H groups in total. The van der Waals surface area contributed by atoms with E-state index in [2.05, 4.69) is 58.0 Å². The lowest BCUT2D eigenvalue weighted by Crippen LogP contribution is -2.52. The number of aromatic amines is 2. The molecular formula is C43H53ClN8O6Si. The molecule has 2 aliphatic rings. The zero-order chi connectivity index (χ0) is 42.3. The molecule has 5 aromatic rings. The Hall–Kier alpha value is -5.41. The minimum Gasteiger partial charge on any atom is -0.453 e. The van der Waals surface area contributed by atoms with Crippen LogP contribution in [-0.2, 0) is 19.1 Å². The molecule has 2 fully saturated rings. The Kier molecular flexibility index (Phi) is 11.8. The monoisotopic (exact) mass is 840 g/mol. The molecule has 16 heteroatoms. The van der Waals surface area contributed by atoms with Crippen molar-refractivity contribution in [3.8, 4) is 22.4 Å². The van der Waals surface area contributed by atoms with E-state index in [-0.39, 0.29) is 35.7 Å². The molecule has 7 rings (SSSR count). The lowest BCUT2D eigenvalue weighted by molar-refractivity contribution is -0.136. The van der Waals surface area contributed by atoms with Gasteiger partial charge in [-0.05, 0) is 59.4 Å². The topological polar surface area (TPSA) is 175 Å². The highest BCUT2D eigenvalue weighted by Gasteiger charge is 2.46. The fraction of sp³-hybridized carbons (Fsp3) is 0.442. The van der Waals surface area contributed by atoms with Crippen molar-refractivity contribution in [1.82, 2.24) is 40.4 Å². The van der Waals surface area contributed by atoms with Gasteiger partial charge in [0.1, 0.15) is 34.6 Å². The first kappa shape index (κ1) is 41.7. The third-order valence-electron chi connectivity index (χ3n) is 11.6. The quantitative estimate of drug-likeness (QED) is 0.102. The SMILES string of the molecule is COC(=O)N[C@H](C(=O)N1C[Si](C)(C)C[C@@H]1c1nc2c(ccc3cc(-c4ccc(-c5nc([C@@H]6CCCN6C(=O)[C@@H](NC(=O)OC)C(C)C)[nH]c5Cl)cc4)ccc32)[nH]1)C(C)C. The van der Waals surface area contributed by atoms with Crippen LogP contribution in [0, 0.1) is 11.8 Å². The van der Waals surface area contributed by atoms with Gasteiger partial charge in [-0.25, -0.2) is 19.6 Å². The number of rotatable bonds is 10. The number of methoxy groups -OCH3 is 2. The van der Waals surface area contributed by atoms with Gasteiger partial charge >= 0.3 is 12.2 Å². The van der Waals surface area contributed by atoms with Gasteiger partial charge in [0.15, 0.2) is 0 Å². The maximum absolute atomic E-state index is 14.0. The minimum absolute atomic E-state index is 0.122. The van der Waals surface area contributed by atoms with Crippen molar-refractivity contribution in [3.05, 3.63) is 71.4 Å². The Bertz CT molecular complexity index is 2390. The number of nitrogens with zero attached hydrogens (tertiary/aromatic N) is 4. The van der Waals surface area contributed by atoms with E-state index >= 15 is 0 Å². The first-order chi connectivity index (χ1) is 28.1. The molecule has 2 saturated heterocycles. The van der Waals surface area contributed by atoms with Crippen LogP contribution in [-0.4, -0.2) is 101 Å². The fourth-order valence-corrected chi connectivity index (χ4v) is 11.6. The van der Waals surface area contributed by atoms with E-state index in [9.17, 15) is 19.2 Å². The van der Waals surface area contributed by atoms with Crippen molar-refractivity contribution < 1.29 is 28.7 Å². The van der Waals surface area contributed by atoms with E-state index < -0.39 is 32.3 Å². The summed E-state index contributed by atoms with van der Waals surface area (Å²) in [5, 5.41) is 7.86. The van der Waals surface area contributed by atoms with Crippen molar-refractivity contribution in [3.63, 3.8) is 0 Å². The van der Waals surface area contributed by atoms with Crippen molar-refractivity contribution >= 4 is 65.5 Å². The van der Waals surface area contributed by atoms with E-state index in [0.717, 1.165) is 63.2 Å². The Balaban J connectivity index is 1.11. The molecule has 0 unspecified atom stereocenters. The van der Waals surface area contributed by atoms with Crippen LogP contribution in [0.15, 0.2) is 54.6 Å². The predicted molar refractivity (Wildman–Crippen MR) is 230 cm³/mol. The molecule has 59 heavy (non-hydrogen) atoms. The normalized spacial score (nSPS) is 18.8. The number of benzene rings is 3. The van der Waals surface area contributed by atoms with Crippen LogP contribution in [0.4, 0.5) is 9.59 Å². The Morgan fingerprint density at radius 2 is 1.37 bits per heavy atom. The summed E-state index contributed by atoms with van der Waals surface area (Å²) in [5.41, 5.74) is 5.23. The van der Waals surface area contributed by atoms with Crippen LogP contribution < -0.4 is 10.6 Å². The second-order valence-corrected chi connectivity index (χ2v) is 22.6. The molecule has 0 bridgehead atoms. The number of likely N-dealkylation sites (tertiary alicyclic amines) is 1. The highest BCUT2D eigenvalue weighted by molar-refractivity contribution is 6.78. The van der Waals surface area contributed by atoms with E-state index in [4.69, 9.17) is 31.0 Å². The van der Waals surface area contributed by atoms with Gasteiger partial charge in [0, 0.05) is 23.7 Å². The summed E-state index contributed by atoms with van der Waals surface area (Å²) >= 11 is 6.75. The summed E-state index contributed by atoms with van der Waals surface area (Å²) in [6.07, 6.45) is 0.927. The van der Waals surface area contributed by atoms with Gasteiger partial charge in [0.05, 0.1) is 45.4 Å². The summed E-state index contributed by atoms with van der Waals surface area (Å²) in [4.78, 5) is 72.2. The van der Waals surface area contributed by atoms with Crippen molar-refractivity contribution in [1.29, 1.82) is 0 Å². The molecule has 4 heterocycles. The summed E-state index contributed by atoms with van der Waals surface area (Å²) < 4.78 is 9.59. The van der Waals surface area contributed by atoms with Gasteiger partial charge in [-0.2, -0.15) is 0 Å². The molecule has 0 saturated carbocycles. The van der Waals surface area contributed by atoms with E-state index in [0.29, 0.717) is 29.4 Å². The number of alkyl carbamates (subject to hydrolysis) is 2. The molecule has 0 aliphatic carbocycles. The van der Waals surface area contributed by atoms with Crippen LogP contribution >= 0.6 is 11.6 Å². The number of nitrogens with one attached hydrogen (secondary N) is 4. The number of aromatic nitrogens is 4. The second kappa shape index (κ2) is 16.7. The highest BCUT2D eigenvalue weighted by atomic mass is 35.5. The van der Waals surface area contributed by atoms with Crippen LogP contribution in [0.25, 0.3) is 44.2 Å². The molecule has 3 aromatic carbocycles. The van der Waals surface area contributed by atoms with Crippen LogP contribution in [0.3, 0.4) is 0 Å². The largest absolute Gasteiger partial charge is 0.453 e. The molecule has 0 spiro atoms. The summed E-state index contributed by atoms with van der Waals surface area (Å²) in [6, 6.07) is 17.4. The lowest BCUT2D eigenvalue weighted by Gasteiger charge is -2.30. The second-order valence-electron chi connectivity index (χ2n) is 17.1. The molecule has 2 aliphatic heterocycles. The summed E-state index contributed by atoms with van der Waals surface area (Å²) in [7, 11) is 0.795. The Morgan fingerprint density at radius 3 is 2.00 bits per heavy atom. The standard InChI is InChI=1S/C43H53ClN8O6Si/c1-23(2)33(48-42(55)57-5)40(53)51-19-9-10-31(51)38-46-35(37(44)50-38)26-13-11-25(12-14-26)27-15-17-29-28(20-27)16-18-30-36(29)47-39(45-30)32-21-59(7,8)22-52(32)41(54)34(24(3)4)49-43(56)58-6/h11-18,20,23-24,31-34H,9-10,19,21-22H2,1-8H3,(H,45,47)(H,46,50)(H,48,55)(H,49,56)/t31-,32+,33-,34-/m0/s1. The highest BCUT2D eigenvalue weighted by Crippen LogP contribution is 2.40.